The van der Waals surface area contributed by atoms with Gasteiger partial charge in [0, 0.05) is 57.7 Å². The number of H-pyrrole nitrogens is 1. The number of nitriles is 1. The van der Waals surface area contributed by atoms with Gasteiger partial charge >= 0.3 is 12.1 Å². The van der Waals surface area contributed by atoms with Crippen molar-refractivity contribution in [2.45, 2.75) is 80.7 Å². The third-order valence-corrected chi connectivity index (χ3v) is 15.3. The highest BCUT2D eigenvalue weighted by Crippen LogP contribution is 2.63. The number of rotatable bonds is 5. The normalized spacial score (nSPS) is 28.8. The van der Waals surface area contributed by atoms with Crippen LogP contribution in [0.3, 0.4) is 0 Å². The van der Waals surface area contributed by atoms with E-state index in [1.54, 1.807) is 18.9 Å². The summed E-state index contributed by atoms with van der Waals surface area (Å²) >= 11 is 1.63. The Morgan fingerprint density at radius 2 is 1.95 bits per heavy atom. The largest absolute Gasteiger partial charge is 0.504 e. The predicted octanol–water partition coefficient (Wildman–Crippen LogP) is 5.42. The number of aromatic hydroxyl groups is 1. The number of aromatic amines is 1. The van der Waals surface area contributed by atoms with Crippen molar-refractivity contribution in [1.29, 1.82) is 5.26 Å². The van der Waals surface area contributed by atoms with Gasteiger partial charge in [-0.2, -0.15) is 5.26 Å². The number of carbonyl (C=O) groups excluding carboxylic acids is 2. The van der Waals surface area contributed by atoms with Crippen LogP contribution in [0.4, 0.5) is 4.79 Å². The zero-order chi connectivity index (χ0) is 41.8. The molecule has 1 spiro atoms. The van der Waals surface area contributed by atoms with Gasteiger partial charge < -0.3 is 39.1 Å². The summed E-state index contributed by atoms with van der Waals surface area (Å²) in [7, 11) is 3.63. The number of carbonyl (C=O) groups is 2. The molecule has 0 radical (unpaired) electrons. The molecule has 1 aromatic heterocycles. The summed E-state index contributed by atoms with van der Waals surface area (Å²) in [5, 5.41) is 30.6. The van der Waals surface area contributed by atoms with Crippen LogP contribution in [0, 0.1) is 32.1 Å². The van der Waals surface area contributed by atoms with Crippen LogP contribution >= 0.6 is 11.8 Å². The van der Waals surface area contributed by atoms with Crippen LogP contribution in [-0.4, -0.2) is 103 Å². The molecule has 0 aliphatic carbocycles. The second-order valence-electron chi connectivity index (χ2n) is 16.8. The number of alkyl carbamates (subject to hydrolysis) is 1. The number of likely N-dealkylation sites (N-methyl/N-ethyl adjacent to an activating group) is 1. The number of benzene rings is 3. The first-order chi connectivity index (χ1) is 29.0. The fraction of sp³-hybridized carbons (Fsp3) is 0.444. The summed E-state index contributed by atoms with van der Waals surface area (Å²) in [4.78, 5) is 36.1. The maximum absolute atomic E-state index is 15.3. The molecule has 0 saturated carbocycles. The summed E-state index contributed by atoms with van der Waals surface area (Å²) in [5.41, 5.74) is 7.79. The molecule has 14 nitrogen and oxygen atoms in total. The second kappa shape index (κ2) is 14.4. The first-order valence-corrected chi connectivity index (χ1v) is 21.5. The molecular formula is C45H48N6O8S. The van der Waals surface area contributed by atoms with Gasteiger partial charge in [0.25, 0.3) is 0 Å². The van der Waals surface area contributed by atoms with E-state index in [1.165, 1.54) is 6.08 Å². The highest BCUT2D eigenvalue weighted by Gasteiger charge is 2.61. The van der Waals surface area contributed by atoms with Crippen LogP contribution in [0.5, 0.6) is 23.0 Å². The van der Waals surface area contributed by atoms with E-state index in [2.05, 4.69) is 64.2 Å². The van der Waals surface area contributed by atoms with Crippen molar-refractivity contribution in [1.82, 2.24) is 25.4 Å². The number of aryl methyl sites for hydroxylation is 1. The summed E-state index contributed by atoms with van der Waals surface area (Å²) < 4.78 is 30.1. The van der Waals surface area contributed by atoms with Crippen LogP contribution in [0.15, 0.2) is 43.0 Å². The van der Waals surface area contributed by atoms with E-state index in [-0.39, 0.29) is 67.5 Å². The Hall–Kier alpha value is -5.40. The number of piperazine rings is 1. The molecule has 2 fully saturated rings. The van der Waals surface area contributed by atoms with E-state index in [0.717, 1.165) is 61.1 Å². The minimum absolute atomic E-state index is 0.0582. The van der Waals surface area contributed by atoms with Gasteiger partial charge in [0.2, 0.25) is 6.79 Å². The van der Waals surface area contributed by atoms with Crippen molar-refractivity contribution in [2.75, 3.05) is 46.5 Å². The zero-order valence-electron chi connectivity index (χ0n) is 34.2. The Balaban J connectivity index is 1.18. The Morgan fingerprint density at radius 1 is 1.15 bits per heavy atom. The van der Waals surface area contributed by atoms with Crippen molar-refractivity contribution in [3.05, 3.63) is 93.2 Å². The molecule has 7 aliphatic heterocycles. The number of amides is 1. The number of methoxy groups -OCH3 is 1. The number of phenols is 1. The minimum atomic E-state index is -1.37. The van der Waals surface area contributed by atoms with Crippen LogP contribution in [0.1, 0.15) is 67.5 Å². The van der Waals surface area contributed by atoms with Crippen molar-refractivity contribution >= 4 is 34.7 Å². The molecule has 15 heteroatoms. The monoisotopic (exact) mass is 832 g/mol. The summed E-state index contributed by atoms with van der Waals surface area (Å²) in [6.45, 7) is 9.98. The lowest BCUT2D eigenvalue weighted by Crippen LogP contribution is -2.70. The average Bonchev–Trinajstić information content (AvgIpc) is 3.89. The molecule has 0 unspecified atom stereocenters. The summed E-state index contributed by atoms with van der Waals surface area (Å²) in [5.74, 6) is 1.59. The highest BCUT2D eigenvalue weighted by molar-refractivity contribution is 7.99. The van der Waals surface area contributed by atoms with Gasteiger partial charge in [-0.3, -0.25) is 15.1 Å². The van der Waals surface area contributed by atoms with Crippen molar-refractivity contribution in [2.24, 2.45) is 0 Å². The van der Waals surface area contributed by atoms with E-state index in [9.17, 15) is 15.2 Å². The van der Waals surface area contributed by atoms with E-state index in [4.69, 9.17) is 23.7 Å². The molecule has 312 valence electrons. The smallest absolute Gasteiger partial charge is 0.407 e. The number of fused-ring (bicyclic) bond motifs is 11. The van der Waals surface area contributed by atoms with Crippen molar-refractivity contribution in [3.8, 4) is 29.1 Å². The number of hydrogen-bond acceptors (Lipinski definition) is 13. The van der Waals surface area contributed by atoms with Crippen LogP contribution in [0.25, 0.3) is 10.9 Å². The molecule has 1 amide bonds. The first-order valence-electron chi connectivity index (χ1n) is 20.4. The number of ether oxygens (including phenoxy) is 5. The Morgan fingerprint density at radius 3 is 2.73 bits per heavy atom. The number of nitrogens with zero attached hydrogens (tertiary/aromatic N) is 3. The SMILES string of the molecule is C=CCOC(=O)NC[C@H]1Cc2c([nH]c3ccccc23)[C@@]2(CS[C@@H]3c4c(C)c(C)c5c(c4[C@H](COC2=O)N2[C@@H]3[C@H]3c4c(cc(C)c(OC)c4O)C[C@@H]([C@@H]2C#N)N3C)OCO5)N1. The molecule has 11 rings (SSSR count). The molecule has 3 aromatic carbocycles. The summed E-state index contributed by atoms with van der Waals surface area (Å²) in [6, 6.07) is 10.3. The fourth-order valence-electron chi connectivity index (χ4n) is 11.2. The summed E-state index contributed by atoms with van der Waals surface area (Å²) in [6.07, 6.45) is 2.00. The van der Waals surface area contributed by atoms with E-state index >= 15 is 4.79 Å². The maximum Gasteiger partial charge on any atom is 0.407 e. The van der Waals surface area contributed by atoms with Gasteiger partial charge in [-0.25, -0.2) is 9.59 Å². The third-order valence-electron chi connectivity index (χ3n) is 13.9. The number of hydrogen-bond donors (Lipinski definition) is 4. The average molecular weight is 833 g/mol. The van der Waals surface area contributed by atoms with E-state index in [1.807, 2.05) is 32.0 Å². The molecular weight excluding hydrogens is 785 g/mol. The number of phenolic OH excluding ortho intramolecular Hbond substituents is 1. The standard InChI is InChI=1S/C45H48N6O8S/c1-7-12-56-44(54)47-17-25-15-27-26-10-8-9-11-28(26)48-42(27)45(49-25)19-60-41-32-22(3)23(4)39-40(59-20-58-39)34(32)31(18-57-43(45)53)51-30(16-46)29-14-24-13-21(2)38(55-6)37(52)33(24)35(36(41)51)50(29)5/h7-11,13,25,29-31,35-36,41,48-49,52H,1,12,14-15,17-20H2,2-6H3,(H,47,54)/t25-,29+,30+,31+,35-,36-,41-,45-/m1/s1. The number of esters is 1. The van der Waals surface area contributed by atoms with Crippen LogP contribution in [-0.2, 0) is 32.6 Å². The molecule has 2 saturated heterocycles. The molecule has 8 heterocycles. The number of aromatic nitrogens is 1. The van der Waals surface area contributed by atoms with E-state index in [0.29, 0.717) is 30.1 Å². The first kappa shape index (κ1) is 38.8. The van der Waals surface area contributed by atoms with Gasteiger partial charge in [0.05, 0.1) is 31.0 Å². The fourth-order valence-corrected chi connectivity index (χ4v) is 13.0. The van der Waals surface area contributed by atoms with Gasteiger partial charge in [0.15, 0.2) is 28.5 Å². The minimum Gasteiger partial charge on any atom is -0.504 e. The number of thioether (sulfide) groups is 1. The van der Waals surface area contributed by atoms with Gasteiger partial charge in [-0.1, -0.05) is 36.9 Å². The zero-order valence-corrected chi connectivity index (χ0v) is 35.0. The Kier molecular flexibility index (Phi) is 9.29. The van der Waals surface area contributed by atoms with Crippen LogP contribution in [0.2, 0.25) is 0 Å². The lowest BCUT2D eigenvalue weighted by atomic mass is 9.71. The highest BCUT2D eigenvalue weighted by atomic mass is 32.2. The lowest BCUT2D eigenvalue weighted by molar-refractivity contribution is -0.158. The van der Waals surface area contributed by atoms with Gasteiger partial charge in [-0.15, -0.1) is 11.8 Å². The van der Waals surface area contributed by atoms with Crippen molar-refractivity contribution in [3.63, 3.8) is 0 Å². The quantitative estimate of drug-likeness (QED) is 0.149. The number of nitrogens with one attached hydrogen (secondary N) is 3. The van der Waals surface area contributed by atoms with E-state index < -0.39 is 29.7 Å². The number of para-hydroxylation sites is 1. The third kappa shape index (κ3) is 5.43. The molecule has 4 aromatic rings. The molecule has 8 atom stereocenters. The molecule has 4 bridgehead atoms. The molecule has 60 heavy (non-hydrogen) atoms. The second-order valence-corrected chi connectivity index (χ2v) is 17.9. The molecule has 7 aliphatic rings. The maximum atomic E-state index is 15.3. The Bertz CT molecular complexity index is 2530. The lowest BCUT2D eigenvalue weighted by Gasteiger charge is -2.62. The Labute approximate surface area is 352 Å². The van der Waals surface area contributed by atoms with Gasteiger partial charge in [0.1, 0.15) is 19.3 Å². The van der Waals surface area contributed by atoms with Crippen LogP contribution < -0.4 is 24.8 Å². The van der Waals surface area contributed by atoms with Crippen molar-refractivity contribution < 1.29 is 38.4 Å². The molecule has 4 N–H and O–H groups in total. The topological polar surface area (TPSA) is 171 Å². The predicted molar refractivity (Wildman–Crippen MR) is 224 cm³/mol. The van der Waals surface area contributed by atoms with Gasteiger partial charge in [-0.05, 0) is 80.1 Å².